The maximum Gasteiger partial charge on any atom is 0.256 e. The number of hydrogen-bond acceptors (Lipinski definition) is 5. The number of likely N-dealkylation sites (N-methyl/N-ethyl adjacent to an activating group) is 1. The van der Waals surface area contributed by atoms with Gasteiger partial charge in [-0.25, -0.2) is 0 Å². The van der Waals surface area contributed by atoms with Gasteiger partial charge in [-0.05, 0) is 17.9 Å². The SMILES string of the molecule is CCC(NC)C(=N[S+](N)[O-])OC. The summed E-state index contributed by atoms with van der Waals surface area (Å²) in [7, 11) is 3.26. The van der Waals surface area contributed by atoms with E-state index in [0.717, 1.165) is 6.42 Å². The summed E-state index contributed by atoms with van der Waals surface area (Å²) < 4.78 is 19.1. The highest BCUT2D eigenvalue weighted by atomic mass is 32.2. The lowest BCUT2D eigenvalue weighted by Gasteiger charge is -2.13. The van der Waals surface area contributed by atoms with E-state index in [1.165, 1.54) is 7.11 Å². The number of nitrogens with two attached hydrogens (primary N) is 1. The van der Waals surface area contributed by atoms with Gasteiger partial charge in [0.05, 0.1) is 13.2 Å². The van der Waals surface area contributed by atoms with Crippen LogP contribution >= 0.6 is 0 Å². The van der Waals surface area contributed by atoms with Crippen molar-refractivity contribution in [2.24, 2.45) is 9.54 Å². The standard InChI is InChI=1S/C6H15N3O2S/c1-4-5(8-2)6(11-3)9-12(7)10/h5,8H,4,7H2,1-3H3. The van der Waals surface area contributed by atoms with Crippen LogP contribution in [-0.2, 0) is 16.3 Å². The van der Waals surface area contributed by atoms with Gasteiger partial charge < -0.3 is 14.6 Å². The highest BCUT2D eigenvalue weighted by molar-refractivity contribution is 7.88. The predicted molar refractivity (Wildman–Crippen MR) is 49.9 cm³/mol. The van der Waals surface area contributed by atoms with Crippen LogP contribution in [0.4, 0.5) is 0 Å². The second kappa shape index (κ2) is 6.24. The van der Waals surface area contributed by atoms with Crippen molar-refractivity contribution in [3.05, 3.63) is 0 Å². The molecule has 0 heterocycles. The Morgan fingerprint density at radius 2 is 2.42 bits per heavy atom. The summed E-state index contributed by atoms with van der Waals surface area (Å²) in [5.74, 6) is 0.376. The first kappa shape index (κ1) is 11.7. The van der Waals surface area contributed by atoms with Gasteiger partial charge in [-0.2, -0.15) is 0 Å². The van der Waals surface area contributed by atoms with Crippen LogP contribution in [0.1, 0.15) is 13.3 Å². The van der Waals surface area contributed by atoms with Crippen molar-refractivity contribution in [2.45, 2.75) is 19.4 Å². The fourth-order valence-electron chi connectivity index (χ4n) is 0.834. The molecule has 12 heavy (non-hydrogen) atoms. The van der Waals surface area contributed by atoms with Crippen molar-refractivity contribution in [1.82, 2.24) is 5.32 Å². The third-order valence-corrected chi connectivity index (χ3v) is 1.80. The Labute approximate surface area is 75.8 Å². The minimum atomic E-state index is -1.70. The fourth-order valence-corrected chi connectivity index (χ4v) is 1.21. The molecular formula is C6H15N3O2S. The van der Waals surface area contributed by atoms with Crippen molar-refractivity contribution in [2.75, 3.05) is 14.2 Å². The molecule has 0 saturated carbocycles. The van der Waals surface area contributed by atoms with Gasteiger partial charge in [0.15, 0.2) is 11.5 Å². The van der Waals surface area contributed by atoms with Crippen molar-refractivity contribution >= 4 is 17.4 Å². The molecule has 0 fully saturated rings. The minimum absolute atomic E-state index is 0.0255. The second-order valence-corrected chi connectivity index (χ2v) is 2.89. The average Bonchev–Trinajstić information content (AvgIpc) is 2.04. The normalized spacial score (nSPS) is 17.2. The zero-order valence-corrected chi connectivity index (χ0v) is 8.35. The van der Waals surface area contributed by atoms with E-state index >= 15 is 0 Å². The molecule has 5 nitrogen and oxygen atoms in total. The smallest absolute Gasteiger partial charge is 0.256 e. The van der Waals surface area contributed by atoms with Crippen LogP contribution in [0.2, 0.25) is 0 Å². The summed E-state index contributed by atoms with van der Waals surface area (Å²) in [5, 5.41) is 7.96. The topological polar surface area (TPSA) is 82.7 Å². The maximum atomic E-state index is 10.5. The summed E-state index contributed by atoms with van der Waals surface area (Å²) in [4.78, 5) is 0. The zero-order valence-electron chi connectivity index (χ0n) is 7.53. The molecule has 2 unspecified atom stereocenters. The number of hydrogen-bond donors (Lipinski definition) is 2. The molecule has 3 N–H and O–H groups in total. The zero-order chi connectivity index (χ0) is 9.56. The van der Waals surface area contributed by atoms with Crippen LogP contribution in [0.15, 0.2) is 4.40 Å². The van der Waals surface area contributed by atoms with E-state index in [2.05, 4.69) is 9.71 Å². The van der Waals surface area contributed by atoms with Crippen LogP contribution in [0.25, 0.3) is 0 Å². The predicted octanol–water partition coefficient (Wildman–Crippen LogP) is -0.433. The number of ether oxygens (including phenoxy) is 1. The Morgan fingerprint density at radius 1 is 1.83 bits per heavy atom. The van der Waals surface area contributed by atoms with Gasteiger partial charge in [0.1, 0.15) is 0 Å². The molecule has 6 heteroatoms. The highest BCUT2D eigenvalue weighted by Gasteiger charge is 2.15. The molecule has 0 rings (SSSR count). The van der Waals surface area contributed by atoms with Crippen molar-refractivity contribution in [3.63, 3.8) is 0 Å². The van der Waals surface area contributed by atoms with Crippen LogP contribution in [0.3, 0.4) is 0 Å². The largest absolute Gasteiger partial charge is 0.572 e. The molecule has 0 aromatic carbocycles. The molecule has 0 aromatic heterocycles. The summed E-state index contributed by atoms with van der Waals surface area (Å²) in [6, 6.07) is -0.0255. The average molecular weight is 193 g/mol. The Kier molecular flexibility index (Phi) is 6.09. The first-order chi connectivity index (χ1) is 5.65. The third kappa shape index (κ3) is 3.91. The number of rotatable bonds is 4. The van der Waals surface area contributed by atoms with Crippen LogP contribution in [0.5, 0.6) is 0 Å². The van der Waals surface area contributed by atoms with E-state index in [4.69, 9.17) is 9.88 Å². The Hall–Kier alpha value is -0.300. The lowest BCUT2D eigenvalue weighted by molar-refractivity contribution is 0.371. The van der Waals surface area contributed by atoms with Crippen molar-refractivity contribution in [1.29, 1.82) is 0 Å². The van der Waals surface area contributed by atoms with E-state index in [9.17, 15) is 4.55 Å². The van der Waals surface area contributed by atoms with Gasteiger partial charge in [-0.3, -0.25) is 0 Å². The molecule has 0 saturated heterocycles. The van der Waals surface area contributed by atoms with Gasteiger partial charge in [0.2, 0.25) is 0 Å². The third-order valence-electron chi connectivity index (χ3n) is 1.44. The Balaban J connectivity index is 4.29. The monoisotopic (exact) mass is 193 g/mol. The van der Waals surface area contributed by atoms with E-state index in [1.807, 2.05) is 6.92 Å². The van der Waals surface area contributed by atoms with E-state index in [-0.39, 0.29) is 6.04 Å². The summed E-state index contributed by atoms with van der Waals surface area (Å²) in [6.45, 7) is 1.97. The first-order valence-electron chi connectivity index (χ1n) is 3.61. The molecule has 0 spiro atoms. The van der Waals surface area contributed by atoms with Crippen LogP contribution in [0, 0.1) is 0 Å². The molecule has 0 bridgehead atoms. The maximum absolute atomic E-state index is 10.5. The van der Waals surface area contributed by atoms with E-state index < -0.39 is 11.5 Å². The second-order valence-electron chi connectivity index (χ2n) is 2.16. The quantitative estimate of drug-likeness (QED) is 0.360. The Bertz CT molecular complexity index is 148. The van der Waals surface area contributed by atoms with Crippen LogP contribution in [-0.4, -0.2) is 30.6 Å². The molecule has 0 aliphatic carbocycles. The van der Waals surface area contributed by atoms with Gasteiger partial charge in [0, 0.05) is 0 Å². The first-order valence-corrected chi connectivity index (χ1v) is 4.78. The highest BCUT2D eigenvalue weighted by Crippen LogP contribution is 1.97. The molecule has 0 amide bonds. The molecule has 0 aliphatic heterocycles. The van der Waals surface area contributed by atoms with Gasteiger partial charge in [-0.15, -0.1) is 5.14 Å². The van der Waals surface area contributed by atoms with E-state index in [0.29, 0.717) is 5.90 Å². The molecule has 0 radical (unpaired) electrons. The summed E-state index contributed by atoms with van der Waals surface area (Å²) in [6.07, 6.45) is 0.806. The lowest BCUT2D eigenvalue weighted by Crippen LogP contribution is -2.35. The van der Waals surface area contributed by atoms with Crippen molar-refractivity contribution in [3.8, 4) is 0 Å². The molecule has 2 atom stereocenters. The van der Waals surface area contributed by atoms with Gasteiger partial charge >= 0.3 is 0 Å². The fraction of sp³-hybridized carbons (Fsp3) is 0.833. The minimum Gasteiger partial charge on any atom is -0.572 e. The molecule has 72 valence electrons. The Morgan fingerprint density at radius 3 is 2.67 bits per heavy atom. The van der Waals surface area contributed by atoms with Gasteiger partial charge in [-0.1, -0.05) is 6.92 Å². The van der Waals surface area contributed by atoms with Gasteiger partial charge in [0.25, 0.3) is 5.90 Å². The number of nitrogens with zero attached hydrogens (tertiary/aromatic N) is 1. The molecule has 0 aromatic rings. The number of methoxy groups -OCH3 is 1. The number of nitrogens with one attached hydrogen (secondary N) is 1. The summed E-state index contributed by atoms with van der Waals surface area (Å²) >= 11 is -1.70. The summed E-state index contributed by atoms with van der Waals surface area (Å²) in [5.41, 5.74) is 0. The van der Waals surface area contributed by atoms with E-state index in [1.54, 1.807) is 7.05 Å². The van der Waals surface area contributed by atoms with Crippen LogP contribution < -0.4 is 10.5 Å². The molecule has 0 aliphatic rings. The molecular weight excluding hydrogens is 178 g/mol. The van der Waals surface area contributed by atoms with Crippen molar-refractivity contribution < 1.29 is 9.29 Å². The lowest BCUT2D eigenvalue weighted by atomic mass is 10.2.